The first-order valence-corrected chi connectivity index (χ1v) is 6.84. The van der Waals surface area contributed by atoms with E-state index >= 15 is 0 Å². The van der Waals surface area contributed by atoms with E-state index in [1.165, 1.54) is 0 Å². The largest absolute Gasteiger partial charge is 0.480 e. The molecule has 118 valence electrons. The van der Waals surface area contributed by atoms with Crippen molar-refractivity contribution in [2.75, 3.05) is 0 Å². The van der Waals surface area contributed by atoms with Crippen LogP contribution in [0.2, 0.25) is 0 Å². The summed E-state index contributed by atoms with van der Waals surface area (Å²) in [4.78, 5) is 22.9. The van der Waals surface area contributed by atoms with Gasteiger partial charge in [0.05, 0.1) is 6.20 Å². The zero-order chi connectivity index (χ0) is 16.2. The minimum atomic E-state index is -1.11. The highest BCUT2D eigenvalue weighted by Crippen LogP contribution is 2.10. The Morgan fingerprint density at radius 1 is 1.43 bits per heavy atom. The maximum absolute atomic E-state index is 11.7. The number of carboxylic acids is 1. The first kappa shape index (κ1) is 17.0. The van der Waals surface area contributed by atoms with Crippen molar-refractivity contribution in [3.63, 3.8) is 0 Å². The fraction of sp³-hybridized carbons (Fsp3) is 0.643. The average Bonchev–Trinajstić information content (AvgIpc) is 2.74. The zero-order valence-electron chi connectivity index (χ0n) is 13.1. The number of amides is 1. The van der Waals surface area contributed by atoms with E-state index in [1.807, 2.05) is 13.8 Å². The van der Waals surface area contributed by atoms with E-state index in [2.05, 4.69) is 10.4 Å². The molecule has 0 bridgehead atoms. The maximum Gasteiger partial charge on any atom is 0.408 e. The van der Waals surface area contributed by atoms with Gasteiger partial charge in [0.2, 0.25) is 0 Å². The Morgan fingerprint density at radius 3 is 2.48 bits per heavy atom. The number of aliphatic carboxylic acids is 1. The Labute approximate surface area is 124 Å². The molecule has 0 aliphatic carbocycles. The lowest BCUT2D eigenvalue weighted by Crippen LogP contribution is -2.44. The molecule has 7 heteroatoms. The van der Waals surface area contributed by atoms with Gasteiger partial charge in [-0.3, -0.25) is 4.68 Å². The molecular weight excluding hydrogens is 274 g/mol. The average molecular weight is 297 g/mol. The van der Waals surface area contributed by atoms with Crippen LogP contribution in [0, 0.1) is 0 Å². The van der Waals surface area contributed by atoms with Gasteiger partial charge in [-0.1, -0.05) is 0 Å². The number of aromatic nitrogens is 2. The molecule has 21 heavy (non-hydrogen) atoms. The molecule has 1 atom stereocenters. The van der Waals surface area contributed by atoms with E-state index < -0.39 is 23.7 Å². The third-order valence-electron chi connectivity index (χ3n) is 2.61. The van der Waals surface area contributed by atoms with Gasteiger partial charge in [0.1, 0.15) is 11.6 Å². The molecule has 0 fully saturated rings. The number of nitrogens with zero attached hydrogens (tertiary/aromatic N) is 2. The van der Waals surface area contributed by atoms with Crippen LogP contribution < -0.4 is 5.32 Å². The standard InChI is InChI=1S/C14H23N3O4/c1-9(2)17-8-10(7-15-17)6-11(12(18)19)16-13(20)21-14(3,4)5/h7-9,11H,6H2,1-5H3,(H,16,20)(H,18,19). The summed E-state index contributed by atoms with van der Waals surface area (Å²) in [6, 6.07) is -0.856. The van der Waals surface area contributed by atoms with Crippen molar-refractivity contribution >= 4 is 12.1 Å². The van der Waals surface area contributed by atoms with Gasteiger partial charge in [-0.05, 0) is 40.2 Å². The highest BCUT2D eigenvalue weighted by molar-refractivity contribution is 5.80. The van der Waals surface area contributed by atoms with Crippen LogP contribution >= 0.6 is 0 Å². The molecule has 1 amide bonds. The van der Waals surface area contributed by atoms with E-state index in [9.17, 15) is 14.7 Å². The Morgan fingerprint density at radius 2 is 2.05 bits per heavy atom. The SMILES string of the molecule is CC(C)n1cc(CC(NC(=O)OC(C)(C)C)C(=O)O)cn1. The van der Waals surface area contributed by atoms with Crippen LogP contribution in [0.4, 0.5) is 4.79 Å². The molecule has 1 aromatic rings. The quantitative estimate of drug-likeness (QED) is 0.866. The number of carbonyl (C=O) groups excluding carboxylic acids is 1. The van der Waals surface area contributed by atoms with Gasteiger partial charge < -0.3 is 15.2 Å². The maximum atomic E-state index is 11.7. The van der Waals surface area contributed by atoms with E-state index in [0.29, 0.717) is 0 Å². The van der Waals surface area contributed by atoms with E-state index in [4.69, 9.17) is 4.74 Å². The fourth-order valence-electron chi connectivity index (χ4n) is 1.65. The molecule has 0 radical (unpaired) electrons. The molecule has 1 unspecified atom stereocenters. The van der Waals surface area contributed by atoms with Crippen molar-refractivity contribution in [3.05, 3.63) is 18.0 Å². The highest BCUT2D eigenvalue weighted by Gasteiger charge is 2.24. The first-order chi connectivity index (χ1) is 9.58. The second-order valence-electron chi connectivity index (χ2n) is 6.16. The first-order valence-electron chi connectivity index (χ1n) is 6.84. The predicted molar refractivity (Wildman–Crippen MR) is 77.1 cm³/mol. The number of hydrogen-bond donors (Lipinski definition) is 2. The summed E-state index contributed by atoms with van der Waals surface area (Å²) in [6.07, 6.45) is 2.79. The van der Waals surface area contributed by atoms with Crippen molar-refractivity contribution in [1.29, 1.82) is 0 Å². The molecule has 1 heterocycles. The van der Waals surface area contributed by atoms with Crippen molar-refractivity contribution in [2.45, 2.75) is 58.7 Å². The molecule has 0 aliphatic heterocycles. The monoisotopic (exact) mass is 297 g/mol. The molecule has 7 nitrogen and oxygen atoms in total. The number of carboxylic acid groups (broad SMARTS) is 1. The molecule has 0 saturated heterocycles. The number of hydrogen-bond acceptors (Lipinski definition) is 4. The summed E-state index contributed by atoms with van der Waals surface area (Å²) >= 11 is 0. The summed E-state index contributed by atoms with van der Waals surface area (Å²) in [5.74, 6) is -1.11. The van der Waals surface area contributed by atoms with Crippen molar-refractivity contribution < 1.29 is 19.4 Å². The van der Waals surface area contributed by atoms with E-state index in [1.54, 1.807) is 37.8 Å². The second-order valence-corrected chi connectivity index (χ2v) is 6.16. The number of carbonyl (C=O) groups is 2. The molecule has 0 aliphatic rings. The lowest BCUT2D eigenvalue weighted by molar-refractivity contribution is -0.139. The van der Waals surface area contributed by atoms with Gasteiger partial charge in [0, 0.05) is 18.7 Å². The zero-order valence-corrected chi connectivity index (χ0v) is 13.1. The van der Waals surface area contributed by atoms with E-state index in [0.717, 1.165) is 5.56 Å². The lowest BCUT2D eigenvalue weighted by atomic mass is 10.1. The normalized spacial score (nSPS) is 13.0. The second kappa shape index (κ2) is 6.60. The summed E-state index contributed by atoms with van der Waals surface area (Å²) < 4.78 is 6.80. The van der Waals surface area contributed by atoms with Crippen LogP contribution in [0.25, 0.3) is 0 Å². The molecule has 0 aromatic carbocycles. The van der Waals surface area contributed by atoms with Crippen LogP contribution in [0.15, 0.2) is 12.4 Å². The number of alkyl carbamates (subject to hydrolysis) is 1. The number of rotatable bonds is 5. The lowest BCUT2D eigenvalue weighted by Gasteiger charge is -2.21. The van der Waals surface area contributed by atoms with Gasteiger partial charge >= 0.3 is 12.1 Å². The smallest absolute Gasteiger partial charge is 0.408 e. The van der Waals surface area contributed by atoms with Crippen LogP contribution in [-0.2, 0) is 16.0 Å². The highest BCUT2D eigenvalue weighted by atomic mass is 16.6. The van der Waals surface area contributed by atoms with Crippen molar-refractivity contribution in [2.24, 2.45) is 0 Å². The van der Waals surface area contributed by atoms with E-state index in [-0.39, 0.29) is 12.5 Å². The van der Waals surface area contributed by atoms with Gasteiger partial charge in [-0.25, -0.2) is 9.59 Å². The topological polar surface area (TPSA) is 93.5 Å². The molecular formula is C14H23N3O4. The van der Waals surface area contributed by atoms with Crippen LogP contribution in [0.5, 0.6) is 0 Å². The van der Waals surface area contributed by atoms with Crippen LogP contribution in [0.1, 0.15) is 46.2 Å². The Kier molecular flexibility index (Phi) is 5.34. The Bertz CT molecular complexity index is 503. The third-order valence-corrected chi connectivity index (χ3v) is 2.61. The van der Waals surface area contributed by atoms with Crippen molar-refractivity contribution in [1.82, 2.24) is 15.1 Å². The van der Waals surface area contributed by atoms with Crippen molar-refractivity contribution in [3.8, 4) is 0 Å². The third kappa shape index (κ3) is 5.85. The minimum absolute atomic E-state index is 0.154. The molecule has 2 N–H and O–H groups in total. The Hall–Kier alpha value is -2.05. The van der Waals surface area contributed by atoms with Gasteiger partial charge in [0.25, 0.3) is 0 Å². The van der Waals surface area contributed by atoms with Gasteiger partial charge in [-0.15, -0.1) is 0 Å². The number of ether oxygens (including phenoxy) is 1. The van der Waals surface area contributed by atoms with Crippen LogP contribution in [0.3, 0.4) is 0 Å². The van der Waals surface area contributed by atoms with Crippen LogP contribution in [-0.4, -0.2) is 38.6 Å². The Balaban J connectivity index is 2.69. The molecule has 1 rings (SSSR count). The number of nitrogens with one attached hydrogen (secondary N) is 1. The van der Waals surface area contributed by atoms with Gasteiger partial charge in [-0.2, -0.15) is 5.10 Å². The summed E-state index contributed by atoms with van der Waals surface area (Å²) in [5.41, 5.74) is 0.0718. The summed E-state index contributed by atoms with van der Waals surface area (Å²) in [7, 11) is 0. The minimum Gasteiger partial charge on any atom is -0.480 e. The fourth-order valence-corrected chi connectivity index (χ4v) is 1.65. The van der Waals surface area contributed by atoms with Gasteiger partial charge in [0.15, 0.2) is 0 Å². The summed E-state index contributed by atoms with van der Waals surface area (Å²) in [5, 5.41) is 15.7. The predicted octanol–water partition coefficient (Wildman–Crippen LogP) is 1.98. The molecule has 0 spiro atoms. The molecule has 1 aromatic heterocycles. The summed E-state index contributed by atoms with van der Waals surface area (Å²) in [6.45, 7) is 9.11. The molecule has 0 saturated carbocycles.